The molecular formula is C21H24FN3O4. The quantitative estimate of drug-likeness (QED) is 0.574. The highest BCUT2D eigenvalue weighted by atomic mass is 19.1. The van der Waals surface area contributed by atoms with Gasteiger partial charge in [-0.1, -0.05) is 19.1 Å². The zero-order chi connectivity index (χ0) is 20.8. The number of fused-ring (bicyclic) bond motifs is 1. The molecule has 1 aliphatic carbocycles. The third kappa shape index (κ3) is 4.89. The van der Waals surface area contributed by atoms with E-state index in [1.54, 1.807) is 31.4 Å². The Morgan fingerprint density at radius 3 is 2.83 bits per heavy atom. The molecule has 2 amide bonds. The molecule has 0 aliphatic heterocycles. The summed E-state index contributed by atoms with van der Waals surface area (Å²) in [6.45, 7) is 2.59. The van der Waals surface area contributed by atoms with Crippen molar-refractivity contribution in [3.63, 3.8) is 0 Å². The summed E-state index contributed by atoms with van der Waals surface area (Å²) >= 11 is 0. The molecule has 0 radical (unpaired) electrons. The number of benzene rings is 1. The predicted molar refractivity (Wildman–Crippen MR) is 105 cm³/mol. The van der Waals surface area contributed by atoms with Crippen LogP contribution in [0.5, 0.6) is 5.88 Å². The van der Waals surface area contributed by atoms with E-state index in [1.165, 1.54) is 12.3 Å². The van der Waals surface area contributed by atoms with Gasteiger partial charge >= 0.3 is 11.8 Å². The zero-order valence-electron chi connectivity index (χ0n) is 16.4. The maximum atomic E-state index is 14.1. The fourth-order valence-electron chi connectivity index (χ4n) is 3.40. The van der Waals surface area contributed by atoms with Crippen molar-refractivity contribution in [1.82, 2.24) is 10.3 Å². The third-order valence-electron chi connectivity index (χ3n) is 4.95. The van der Waals surface area contributed by atoms with Gasteiger partial charge in [0.2, 0.25) is 5.88 Å². The number of aromatic nitrogens is 1. The summed E-state index contributed by atoms with van der Waals surface area (Å²) in [7, 11) is 1.55. The predicted octanol–water partition coefficient (Wildman–Crippen LogP) is 2.62. The third-order valence-corrected chi connectivity index (χ3v) is 4.95. The molecule has 2 aromatic rings. The van der Waals surface area contributed by atoms with E-state index in [0.717, 1.165) is 12.0 Å². The first-order valence-electron chi connectivity index (χ1n) is 9.47. The van der Waals surface area contributed by atoms with E-state index < -0.39 is 17.9 Å². The van der Waals surface area contributed by atoms with Crippen molar-refractivity contribution < 1.29 is 23.5 Å². The van der Waals surface area contributed by atoms with Crippen LogP contribution < -0.4 is 15.4 Å². The van der Waals surface area contributed by atoms with E-state index in [-0.39, 0.29) is 29.9 Å². The van der Waals surface area contributed by atoms with E-state index in [4.69, 9.17) is 9.47 Å². The van der Waals surface area contributed by atoms with Crippen LogP contribution in [0.25, 0.3) is 0 Å². The minimum absolute atomic E-state index is 0.0763. The first-order valence-corrected chi connectivity index (χ1v) is 9.47. The molecule has 0 bridgehead atoms. The normalized spacial score (nSPS) is 17.9. The number of methoxy groups -OCH3 is 1. The molecule has 0 fully saturated rings. The van der Waals surface area contributed by atoms with Gasteiger partial charge in [0.25, 0.3) is 0 Å². The van der Waals surface area contributed by atoms with E-state index in [2.05, 4.69) is 15.6 Å². The lowest BCUT2D eigenvalue weighted by molar-refractivity contribution is -0.136. The fraction of sp³-hybridized carbons (Fsp3) is 0.381. The van der Waals surface area contributed by atoms with E-state index in [9.17, 15) is 14.0 Å². The first-order chi connectivity index (χ1) is 14.0. The summed E-state index contributed by atoms with van der Waals surface area (Å²) in [5.41, 5.74) is 1.60. The van der Waals surface area contributed by atoms with Crippen LogP contribution >= 0.6 is 0 Å². The Morgan fingerprint density at radius 2 is 2.03 bits per heavy atom. The molecule has 29 heavy (non-hydrogen) atoms. The van der Waals surface area contributed by atoms with Gasteiger partial charge in [0, 0.05) is 13.3 Å². The molecule has 1 aromatic carbocycles. The van der Waals surface area contributed by atoms with Gasteiger partial charge in [0.05, 0.1) is 12.6 Å². The molecule has 3 rings (SSSR count). The Kier molecular flexibility index (Phi) is 6.77. The van der Waals surface area contributed by atoms with Crippen LogP contribution in [0.1, 0.15) is 30.5 Å². The van der Waals surface area contributed by atoms with Gasteiger partial charge in [-0.15, -0.1) is 0 Å². The molecule has 0 saturated carbocycles. The Bertz CT molecular complexity index is 890. The molecule has 2 atom stereocenters. The average molecular weight is 401 g/mol. The number of nitrogens with one attached hydrogen (secondary N) is 2. The maximum absolute atomic E-state index is 14.1. The smallest absolute Gasteiger partial charge is 0.313 e. The molecule has 0 saturated heterocycles. The van der Waals surface area contributed by atoms with Crippen molar-refractivity contribution in [2.45, 2.75) is 25.8 Å². The lowest BCUT2D eigenvalue weighted by atomic mass is 9.80. The van der Waals surface area contributed by atoms with Crippen molar-refractivity contribution in [2.75, 3.05) is 25.6 Å². The number of carbonyl (C=O) groups is 2. The highest BCUT2D eigenvalue weighted by Gasteiger charge is 2.31. The molecule has 7 nitrogen and oxygen atoms in total. The molecule has 8 heteroatoms. The number of halogens is 1. The van der Waals surface area contributed by atoms with Crippen molar-refractivity contribution in [3.05, 3.63) is 53.5 Å². The molecular weight excluding hydrogens is 377 g/mol. The monoisotopic (exact) mass is 401 g/mol. The summed E-state index contributed by atoms with van der Waals surface area (Å²) in [5.74, 6) is -1.65. The fourth-order valence-corrected chi connectivity index (χ4v) is 3.40. The van der Waals surface area contributed by atoms with Crippen LogP contribution in [-0.2, 0) is 20.7 Å². The van der Waals surface area contributed by atoms with E-state index in [1.807, 2.05) is 6.92 Å². The highest BCUT2D eigenvalue weighted by molar-refractivity contribution is 6.39. The van der Waals surface area contributed by atoms with Gasteiger partial charge in [0.15, 0.2) is 0 Å². The van der Waals surface area contributed by atoms with Gasteiger partial charge in [0.1, 0.15) is 18.1 Å². The number of hydrogen-bond donors (Lipinski definition) is 2. The number of pyridine rings is 1. The SMILES string of the molecule is COCCOc1ncccc1NC(=O)C(=O)N[C@@H]1c2cccc(F)c2CC[C@H]1C. The number of amides is 2. The van der Waals surface area contributed by atoms with E-state index in [0.29, 0.717) is 18.6 Å². The van der Waals surface area contributed by atoms with Crippen molar-refractivity contribution in [2.24, 2.45) is 5.92 Å². The molecule has 0 unspecified atom stereocenters. The standard InChI is InChI=1S/C21H24FN3O4/c1-13-8-9-14-15(5-3-6-16(14)22)18(13)25-20(27)19(26)24-17-7-4-10-23-21(17)29-12-11-28-2/h3-7,10,13,18H,8-9,11-12H2,1-2H3,(H,24,26)(H,25,27)/t13-,18+/m1/s1. The van der Waals surface area contributed by atoms with Crippen LogP contribution in [0.15, 0.2) is 36.5 Å². The van der Waals surface area contributed by atoms with Gasteiger partial charge in [-0.25, -0.2) is 9.37 Å². The minimum Gasteiger partial charge on any atom is -0.474 e. The Hall–Kier alpha value is -3.00. The summed E-state index contributed by atoms with van der Waals surface area (Å²) in [6, 6.07) is 7.60. The number of ether oxygens (including phenoxy) is 2. The minimum atomic E-state index is -0.842. The molecule has 2 N–H and O–H groups in total. The molecule has 0 spiro atoms. The lowest BCUT2D eigenvalue weighted by Gasteiger charge is -2.32. The Morgan fingerprint density at radius 1 is 1.21 bits per heavy atom. The zero-order valence-corrected chi connectivity index (χ0v) is 16.4. The van der Waals surface area contributed by atoms with Crippen LogP contribution in [-0.4, -0.2) is 37.1 Å². The Labute approximate surface area is 168 Å². The van der Waals surface area contributed by atoms with Crippen LogP contribution in [0.2, 0.25) is 0 Å². The van der Waals surface area contributed by atoms with Crippen LogP contribution in [0.3, 0.4) is 0 Å². The van der Waals surface area contributed by atoms with Gasteiger partial charge in [-0.05, 0) is 48.1 Å². The number of carbonyl (C=O) groups excluding carboxylic acids is 2. The van der Waals surface area contributed by atoms with Crippen molar-refractivity contribution >= 4 is 17.5 Å². The lowest BCUT2D eigenvalue weighted by Crippen LogP contribution is -2.41. The number of nitrogens with zero attached hydrogens (tertiary/aromatic N) is 1. The topological polar surface area (TPSA) is 89.6 Å². The summed E-state index contributed by atoms with van der Waals surface area (Å²) < 4.78 is 24.5. The number of anilines is 1. The second-order valence-electron chi connectivity index (χ2n) is 6.93. The Balaban J connectivity index is 1.69. The highest BCUT2D eigenvalue weighted by Crippen LogP contribution is 2.35. The second kappa shape index (κ2) is 9.47. The van der Waals surface area contributed by atoms with Crippen LogP contribution in [0, 0.1) is 11.7 Å². The molecule has 1 aliphatic rings. The largest absolute Gasteiger partial charge is 0.474 e. The molecule has 1 heterocycles. The van der Waals surface area contributed by atoms with Gasteiger partial charge in [-0.3, -0.25) is 9.59 Å². The summed E-state index contributed by atoms with van der Waals surface area (Å²) in [4.78, 5) is 29.0. The van der Waals surface area contributed by atoms with Crippen molar-refractivity contribution in [1.29, 1.82) is 0 Å². The number of rotatable bonds is 6. The second-order valence-corrected chi connectivity index (χ2v) is 6.93. The molecule has 154 valence electrons. The van der Waals surface area contributed by atoms with E-state index >= 15 is 0 Å². The van der Waals surface area contributed by atoms with Crippen molar-refractivity contribution in [3.8, 4) is 5.88 Å². The van der Waals surface area contributed by atoms with Gasteiger partial charge in [-0.2, -0.15) is 0 Å². The number of hydrogen-bond acceptors (Lipinski definition) is 5. The summed E-state index contributed by atoms with van der Waals surface area (Å²) in [5, 5.41) is 5.27. The summed E-state index contributed by atoms with van der Waals surface area (Å²) in [6.07, 6.45) is 2.85. The van der Waals surface area contributed by atoms with Gasteiger partial charge < -0.3 is 20.1 Å². The maximum Gasteiger partial charge on any atom is 0.313 e. The first kappa shape index (κ1) is 20.7. The van der Waals surface area contributed by atoms with Crippen LogP contribution in [0.4, 0.5) is 10.1 Å². The molecule has 1 aromatic heterocycles. The average Bonchev–Trinajstić information content (AvgIpc) is 2.71.